The van der Waals surface area contributed by atoms with E-state index in [0.29, 0.717) is 13.0 Å². The summed E-state index contributed by atoms with van der Waals surface area (Å²) in [6, 6.07) is 14.7. The predicted octanol–water partition coefficient (Wildman–Crippen LogP) is 3.31. The number of aryl methyl sites for hydroxylation is 2. The van der Waals surface area contributed by atoms with Gasteiger partial charge in [0, 0.05) is 25.4 Å². The second kappa shape index (κ2) is 6.65. The van der Waals surface area contributed by atoms with Crippen LogP contribution >= 0.6 is 0 Å². The van der Waals surface area contributed by atoms with E-state index in [9.17, 15) is 4.79 Å². The molecule has 1 heterocycles. The molecule has 0 unspecified atom stereocenters. The number of aromatic nitrogens is 2. The van der Waals surface area contributed by atoms with E-state index < -0.39 is 0 Å². The highest BCUT2D eigenvalue weighted by molar-refractivity contribution is 5.94. The van der Waals surface area contributed by atoms with Crippen molar-refractivity contribution in [3.8, 4) is 11.1 Å². The van der Waals surface area contributed by atoms with E-state index >= 15 is 0 Å². The molecule has 0 aliphatic carbocycles. The second-order valence-corrected chi connectivity index (χ2v) is 5.66. The number of hydrogen-bond acceptors (Lipinski definition) is 2. The molecule has 0 atom stereocenters. The Hall–Kier alpha value is -2.62. The van der Waals surface area contributed by atoms with Crippen LogP contribution in [0, 0.1) is 0 Å². The van der Waals surface area contributed by atoms with Gasteiger partial charge in [0.15, 0.2) is 0 Å². The molecule has 0 saturated carbocycles. The minimum absolute atomic E-state index is 0.104. The Morgan fingerprint density at radius 2 is 2.04 bits per heavy atom. The molecular weight excluding hydrogens is 286 g/mol. The molecule has 0 radical (unpaired) electrons. The van der Waals surface area contributed by atoms with Gasteiger partial charge >= 0.3 is 0 Å². The molecule has 118 valence electrons. The minimum atomic E-state index is 0.104. The largest absolute Gasteiger partial charge is 0.356 e. The number of fused-ring (bicyclic) bond motifs is 1. The van der Waals surface area contributed by atoms with Crippen LogP contribution in [0.5, 0.6) is 0 Å². The van der Waals surface area contributed by atoms with Crippen LogP contribution in [0.4, 0.5) is 0 Å². The van der Waals surface area contributed by atoms with Gasteiger partial charge in [0.25, 0.3) is 0 Å². The van der Waals surface area contributed by atoms with Crippen molar-refractivity contribution in [1.82, 2.24) is 15.1 Å². The summed E-state index contributed by atoms with van der Waals surface area (Å²) in [5.74, 6) is 0.104. The lowest BCUT2D eigenvalue weighted by Crippen LogP contribution is -2.22. The van der Waals surface area contributed by atoms with E-state index in [-0.39, 0.29) is 5.91 Å². The molecule has 3 aromatic rings. The smallest absolute Gasteiger partial charge is 0.220 e. The Morgan fingerprint density at radius 3 is 2.87 bits per heavy atom. The maximum absolute atomic E-state index is 11.6. The first-order valence-electron chi connectivity index (χ1n) is 7.95. The molecule has 0 bridgehead atoms. The fourth-order valence-electron chi connectivity index (χ4n) is 2.87. The molecule has 1 N–H and O–H groups in total. The minimum Gasteiger partial charge on any atom is -0.356 e. The van der Waals surface area contributed by atoms with Crippen LogP contribution in [0.25, 0.3) is 22.0 Å². The Bertz CT molecular complexity index is 836. The average Bonchev–Trinajstić information content (AvgIpc) is 2.95. The zero-order valence-electron chi connectivity index (χ0n) is 13.5. The molecular formula is C19H21N3O. The number of carbonyl (C=O) groups excluding carboxylic acids is 1. The Balaban J connectivity index is 1.88. The number of amides is 1. The predicted molar refractivity (Wildman–Crippen MR) is 93.2 cm³/mol. The molecule has 0 aliphatic heterocycles. The molecule has 23 heavy (non-hydrogen) atoms. The second-order valence-electron chi connectivity index (χ2n) is 5.66. The van der Waals surface area contributed by atoms with Crippen LogP contribution < -0.4 is 5.32 Å². The summed E-state index contributed by atoms with van der Waals surface area (Å²) in [4.78, 5) is 11.6. The molecule has 0 fully saturated rings. The monoisotopic (exact) mass is 307 g/mol. The number of carbonyl (C=O) groups is 1. The van der Waals surface area contributed by atoms with Crippen LogP contribution in [0.3, 0.4) is 0 Å². The van der Waals surface area contributed by atoms with Crippen molar-refractivity contribution in [1.29, 1.82) is 0 Å². The van der Waals surface area contributed by atoms with Gasteiger partial charge < -0.3 is 5.32 Å². The van der Waals surface area contributed by atoms with Gasteiger partial charge in [0.1, 0.15) is 0 Å². The van der Waals surface area contributed by atoms with Crippen LogP contribution in [0.1, 0.15) is 18.9 Å². The molecule has 0 spiro atoms. The third-order valence-electron chi connectivity index (χ3n) is 4.04. The van der Waals surface area contributed by atoms with Crippen molar-refractivity contribution in [3.05, 3.63) is 54.2 Å². The van der Waals surface area contributed by atoms with Crippen molar-refractivity contribution < 1.29 is 4.79 Å². The van der Waals surface area contributed by atoms with Gasteiger partial charge in [-0.3, -0.25) is 9.48 Å². The maximum Gasteiger partial charge on any atom is 0.220 e. The molecule has 1 aromatic heterocycles. The summed E-state index contributed by atoms with van der Waals surface area (Å²) in [6.45, 7) is 2.62. The van der Waals surface area contributed by atoms with Crippen molar-refractivity contribution in [2.75, 3.05) is 6.54 Å². The summed E-state index contributed by atoms with van der Waals surface area (Å²) in [5, 5.41) is 8.34. The van der Waals surface area contributed by atoms with Gasteiger partial charge in [-0.05, 0) is 36.1 Å². The van der Waals surface area contributed by atoms with Gasteiger partial charge in [-0.1, -0.05) is 36.4 Å². The third-order valence-corrected chi connectivity index (χ3v) is 4.04. The highest BCUT2D eigenvalue weighted by Crippen LogP contribution is 2.28. The van der Waals surface area contributed by atoms with Crippen molar-refractivity contribution in [2.45, 2.75) is 19.8 Å². The normalized spacial score (nSPS) is 10.9. The van der Waals surface area contributed by atoms with Gasteiger partial charge in [0.05, 0.1) is 11.7 Å². The van der Waals surface area contributed by atoms with Crippen molar-refractivity contribution in [3.63, 3.8) is 0 Å². The first-order valence-corrected chi connectivity index (χ1v) is 7.95. The van der Waals surface area contributed by atoms with Crippen molar-refractivity contribution in [2.24, 2.45) is 7.05 Å². The van der Waals surface area contributed by atoms with Crippen LogP contribution in [-0.4, -0.2) is 22.2 Å². The molecule has 2 aromatic carbocycles. The molecule has 0 saturated heterocycles. The summed E-state index contributed by atoms with van der Waals surface area (Å²) in [6.07, 6.45) is 3.18. The van der Waals surface area contributed by atoms with E-state index in [2.05, 4.69) is 52.9 Å². The number of hydrogen-bond donors (Lipinski definition) is 1. The highest BCUT2D eigenvalue weighted by Gasteiger charge is 2.08. The van der Waals surface area contributed by atoms with E-state index in [1.807, 2.05) is 24.9 Å². The van der Waals surface area contributed by atoms with Crippen LogP contribution in [-0.2, 0) is 18.3 Å². The number of nitrogens with zero attached hydrogens (tertiary/aromatic N) is 2. The van der Waals surface area contributed by atoms with Crippen LogP contribution in [0.15, 0.2) is 48.7 Å². The summed E-state index contributed by atoms with van der Waals surface area (Å²) >= 11 is 0. The van der Waals surface area contributed by atoms with E-state index in [0.717, 1.165) is 22.9 Å². The Kier molecular flexibility index (Phi) is 4.42. The summed E-state index contributed by atoms with van der Waals surface area (Å²) in [5.41, 5.74) is 4.64. The van der Waals surface area contributed by atoms with E-state index in [1.54, 1.807) is 0 Å². The zero-order valence-corrected chi connectivity index (χ0v) is 13.5. The maximum atomic E-state index is 11.6. The van der Waals surface area contributed by atoms with E-state index in [1.165, 1.54) is 11.1 Å². The lowest BCUT2D eigenvalue weighted by molar-refractivity contribution is -0.120. The lowest BCUT2D eigenvalue weighted by Gasteiger charge is -2.07. The first kappa shape index (κ1) is 15.3. The van der Waals surface area contributed by atoms with E-state index in [4.69, 9.17) is 0 Å². The lowest BCUT2D eigenvalue weighted by atomic mass is 9.98. The molecule has 4 heteroatoms. The van der Waals surface area contributed by atoms with Gasteiger partial charge in [-0.25, -0.2) is 0 Å². The summed E-state index contributed by atoms with van der Waals surface area (Å²) < 4.78 is 1.89. The molecule has 1 amide bonds. The Morgan fingerprint density at radius 1 is 1.22 bits per heavy atom. The van der Waals surface area contributed by atoms with Gasteiger partial charge in [-0.2, -0.15) is 5.10 Å². The Labute approximate surface area is 136 Å². The highest BCUT2D eigenvalue weighted by atomic mass is 16.1. The SMILES string of the molecule is CCNC(=O)CCc1cccc(-c2cccc3c2cnn3C)c1. The molecule has 4 nitrogen and oxygen atoms in total. The fraction of sp³-hybridized carbons (Fsp3) is 0.263. The standard InChI is InChI=1S/C19H21N3O/c1-3-20-19(23)11-10-14-6-4-7-15(12-14)16-8-5-9-18-17(16)13-21-22(18)2/h4-9,12-13H,3,10-11H2,1-2H3,(H,20,23). The zero-order chi connectivity index (χ0) is 16.2. The summed E-state index contributed by atoms with van der Waals surface area (Å²) in [7, 11) is 1.95. The third kappa shape index (κ3) is 3.26. The number of benzene rings is 2. The molecule has 0 aliphatic rings. The quantitative estimate of drug-likeness (QED) is 0.786. The van der Waals surface area contributed by atoms with Crippen LogP contribution in [0.2, 0.25) is 0 Å². The average molecular weight is 307 g/mol. The topological polar surface area (TPSA) is 46.9 Å². The number of nitrogens with one attached hydrogen (secondary N) is 1. The van der Waals surface area contributed by atoms with Crippen molar-refractivity contribution >= 4 is 16.8 Å². The first-order chi connectivity index (χ1) is 11.2. The van der Waals surface area contributed by atoms with Gasteiger partial charge in [0.2, 0.25) is 5.91 Å². The molecule has 3 rings (SSSR count). The van der Waals surface area contributed by atoms with Gasteiger partial charge in [-0.15, -0.1) is 0 Å². The number of rotatable bonds is 5. The fourth-order valence-corrected chi connectivity index (χ4v) is 2.87.